The molecule has 0 spiro atoms. The molecule has 0 saturated carbocycles. The Balaban J connectivity index is 1.70. The number of Topliss-reactive ketones (excluding diaryl/α,β-unsaturated/α-hetero) is 1. The molecule has 9 nitrogen and oxygen atoms in total. The van der Waals surface area contributed by atoms with Gasteiger partial charge in [-0.1, -0.05) is 24.3 Å². The number of benzene rings is 3. The molecular weight excluding hydrogens is 459 g/mol. The fourth-order valence-corrected chi connectivity index (χ4v) is 4.10. The van der Waals surface area contributed by atoms with Crippen molar-refractivity contribution in [1.29, 1.82) is 0 Å². The van der Waals surface area contributed by atoms with Crippen LogP contribution in [-0.4, -0.2) is 26.8 Å². The first-order chi connectivity index (χ1) is 16.8. The Hall–Kier alpha value is -4.99. The van der Waals surface area contributed by atoms with Gasteiger partial charge in [-0.2, -0.15) is 0 Å². The van der Waals surface area contributed by atoms with Crippen molar-refractivity contribution in [3.8, 4) is 5.75 Å². The van der Waals surface area contributed by atoms with E-state index in [1.54, 1.807) is 24.3 Å². The summed E-state index contributed by atoms with van der Waals surface area (Å²) in [5.74, 6) is -3.99. The summed E-state index contributed by atoms with van der Waals surface area (Å²) in [4.78, 5) is 38.3. The van der Waals surface area contributed by atoms with Gasteiger partial charge in [-0.3, -0.25) is 24.6 Å². The molecule has 1 aliphatic rings. The third-order valence-electron chi connectivity index (χ3n) is 5.72. The summed E-state index contributed by atoms with van der Waals surface area (Å²) in [6.07, 6.45) is 0. The molecule has 5 rings (SSSR count). The number of hydrogen-bond acceptors (Lipinski definition) is 7. The number of amides is 1. The Bertz CT molecular complexity index is 1520. The molecule has 1 aliphatic heterocycles. The average molecular weight is 474 g/mol. The number of furan rings is 1. The van der Waals surface area contributed by atoms with Gasteiger partial charge >= 0.3 is 5.69 Å². The standard InChI is InChI=1S/C25H15FN2O7/c26-15-6-8-16(9-7-15)27-22(14-5-10-18(29)17(11-14)28(33)34)21(24(31)25(27)32)23(30)20-12-13-3-1-2-4-19(13)35-20/h1-12,22,29,31H. The molecule has 35 heavy (non-hydrogen) atoms. The second-order valence-electron chi connectivity index (χ2n) is 7.80. The van der Waals surface area contributed by atoms with Gasteiger partial charge in [0.05, 0.1) is 16.5 Å². The SMILES string of the molecule is O=C(C1=C(O)C(=O)N(c2ccc(F)cc2)C1c1ccc(O)c([N+](=O)[O-])c1)c1cc2ccccc2o1. The number of aliphatic hydroxyl groups is 1. The normalized spacial score (nSPS) is 15.7. The number of nitro benzene ring substituents is 1. The Morgan fingerprint density at radius 1 is 1.03 bits per heavy atom. The van der Waals surface area contributed by atoms with Crippen molar-refractivity contribution < 1.29 is 33.5 Å². The minimum absolute atomic E-state index is 0.0655. The topological polar surface area (TPSA) is 134 Å². The zero-order valence-electron chi connectivity index (χ0n) is 17.7. The fraction of sp³-hybridized carbons (Fsp3) is 0.0400. The number of nitro groups is 1. The number of hydrogen-bond donors (Lipinski definition) is 2. The number of aliphatic hydroxyl groups excluding tert-OH is 1. The van der Waals surface area contributed by atoms with Crippen LogP contribution in [0.5, 0.6) is 5.75 Å². The number of carbonyl (C=O) groups is 2. The van der Waals surface area contributed by atoms with E-state index in [2.05, 4.69) is 0 Å². The quantitative estimate of drug-likeness (QED) is 0.237. The van der Waals surface area contributed by atoms with Crippen molar-refractivity contribution in [2.24, 2.45) is 0 Å². The van der Waals surface area contributed by atoms with Crippen molar-refractivity contribution in [2.75, 3.05) is 4.90 Å². The minimum Gasteiger partial charge on any atom is -0.503 e. The predicted octanol–water partition coefficient (Wildman–Crippen LogP) is 4.97. The second-order valence-corrected chi connectivity index (χ2v) is 7.80. The molecule has 2 heterocycles. The highest BCUT2D eigenvalue weighted by atomic mass is 19.1. The van der Waals surface area contributed by atoms with E-state index in [1.807, 2.05) is 0 Å². The average Bonchev–Trinajstić information content (AvgIpc) is 3.39. The summed E-state index contributed by atoms with van der Waals surface area (Å²) in [6, 6.07) is 15.0. The van der Waals surface area contributed by atoms with Gasteiger partial charge < -0.3 is 14.6 Å². The molecule has 1 unspecified atom stereocenters. The summed E-state index contributed by atoms with van der Waals surface area (Å²) in [5.41, 5.74) is -0.423. The smallest absolute Gasteiger partial charge is 0.311 e. The predicted molar refractivity (Wildman–Crippen MR) is 122 cm³/mol. The molecule has 0 saturated heterocycles. The Labute approximate surface area is 196 Å². The van der Waals surface area contributed by atoms with Crippen molar-refractivity contribution in [2.45, 2.75) is 6.04 Å². The summed E-state index contributed by atoms with van der Waals surface area (Å²) in [7, 11) is 0. The lowest BCUT2D eigenvalue weighted by molar-refractivity contribution is -0.385. The third kappa shape index (κ3) is 3.57. The molecule has 1 aromatic heterocycles. The highest BCUT2D eigenvalue weighted by molar-refractivity contribution is 6.20. The Kier molecular flexibility index (Phi) is 5.05. The number of phenols is 1. The monoisotopic (exact) mass is 474 g/mol. The van der Waals surface area contributed by atoms with Crippen LogP contribution in [0.15, 0.2) is 88.5 Å². The highest BCUT2D eigenvalue weighted by Gasteiger charge is 2.46. The van der Waals surface area contributed by atoms with E-state index in [1.165, 1.54) is 24.3 Å². The zero-order valence-corrected chi connectivity index (χ0v) is 17.7. The molecule has 0 bridgehead atoms. The summed E-state index contributed by atoms with van der Waals surface area (Å²) >= 11 is 0. The van der Waals surface area contributed by atoms with Crippen LogP contribution >= 0.6 is 0 Å². The number of nitrogens with zero attached hydrogens (tertiary/aromatic N) is 2. The van der Waals surface area contributed by atoms with E-state index in [0.717, 1.165) is 29.2 Å². The van der Waals surface area contributed by atoms with Crippen molar-refractivity contribution in [3.05, 3.63) is 111 Å². The van der Waals surface area contributed by atoms with Crippen molar-refractivity contribution >= 4 is 34.0 Å². The van der Waals surface area contributed by atoms with Crippen LogP contribution in [-0.2, 0) is 4.79 Å². The first kappa shape index (κ1) is 21.8. The Morgan fingerprint density at radius 3 is 2.43 bits per heavy atom. The van der Waals surface area contributed by atoms with Gasteiger partial charge in [0.1, 0.15) is 11.4 Å². The lowest BCUT2D eigenvalue weighted by Crippen LogP contribution is -2.31. The molecule has 0 aliphatic carbocycles. The van der Waals surface area contributed by atoms with E-state index in [9.17, 15) is 34.3 Å². The van der Waals surface area contributed by atoms with Crippen LogP contribution in [0, 0.1) is 15.9 Å². The van der Waals surface area contributed by atoms with Gasteiger partial charge in [0.15, 0.2) is 17.3 Å². The number of carbonyl (C=O) groups excluding carboxylic acids is 2. The van der Waals surface area contributed by atoms with Gasteiger partial charge in [0.2, 0.25) is 5.78 Å². The van der Waals surface area contributed by atoms with E-state index in [-0.39, 0.29) is 22.6 Å². The van der Waals surface area contributed by atoms with Gasteiger partial charge in [-0.05, 0) is 48.0 Å². The lowest BCUT2D eigenvalue weighted by Gasteiger charge is -2.26. The maximum atomic E-state index is 13.5. The number of phenolic OH excluding ortho intramolecular Hbond substituents is 1. The van der Waals surface area contributed by atoms with Gasteiger partial charge in [0.25, 0.3) is 5.91 Å². The number of para-hydroxylation sites is 1. The number of ketones is 1. The third-order valence-corrected chi connectivity index (χ3v) is 5.72. The number of anilines is 1. The van der Waals surface area contributed by atoms with Gasteiger partial charge in [-0.25, -0.2) is 4.39 Å². The van der Waals surface area contributed by atoms with Crippen LogP contribution in [0.3, 0.4) is 0 Å². The molecule has 0 radical (unpaired) electrons. The highest BCUT2D eigenvalue weighted by Crippen LogP contribution is 2.44. The first-order valence-electron chi connectivity index (χ1n) is 10.3. The fourth-order valence-electron chi connectivity index (χ4n) is 4.10. The molecule has 1 amide bonds. The molecule has 3 aromatic carbocycles. The van der Waals surface area contributed by atoms with Crippen LogP contribution in [0.1, 0.15) is 22.2 Å². The van der Waals surface area contributed by atoms with Gasteiger partial charge in [0, 0.05) is 17.1 Å². The van der Waals surface area contributed by atoms with Crippen LogP contribution in [0.25, 0.3) is 11.0 Å². The molecule has 1 atom stereocenters. The van der Waals surface area contributed by atoms with Crippen LogP contribution < -0.4 is 4.90 Å². The number of fused-ring (bicyclic) bond motifs is 1. The molecule has 2 N–H and O–H groups in total. The molecule has 174 valence electrons. The van der Waals surface area contributed by atoms with Crippen molar-refractivity contribution in [1.82, 2.24) is 0 Å². The van der Waals surface area contributed by atoms with Crippen LogP contribution in [0.2, 0.25) is 0 Å². The van der Waals surface area contributed by atoms with E-state index < -0.39 is 45.7 Å². The largest absolute Gasteiger partial charge is 0.503 e. The number of rotatable bonds is 5. The number of halogens is 1. The van der Waals surface area contributed by atoms with E-state index >= 15 is 0 Å². The molecule has 10 heteroatoms. The summed E-state index contributed by atoms with van der Waals surface area (Å²) in [5, 5.41) is 32.7. The molecule has 4 aromatic rings. The summed E-state index contributed by atoms with van der Waals surface area (Å²) < 4.78 is 19.2. The zero-order chi connectivity index (χ0) is 24.9. The van der Waals surface area contributed by atoms with E-state index in [4.69, 9.17) is 4.42 Å². The molecule has 0 fully saturated rings. The first-order valence-corrected chi connectivity index (χ1v) is 10.3. The molecular formula is C25H15FN2O7. The second kappa shape index (κ2) is 8.10. The summed E-state index contributed by atoms with van der Waals surface area (Å²) in [6.45, 7) is 0. The number of aromatic hydroxyl groups is 1. The maximum absolute atomic E-state index is 13.5. The van der Waals surface area contributed by atoms with Crippen LogP contribution in [0.4, 0.5) is 15.8 Å². The Morgan fingerprint density at radius 2 is 1.74 bits per heavy atom. The lowest BCUT2D eigenvalue weighted by atomic mass is 9.94. The van der Waals surface area contributed by atoms with Crippen molar-refractivity contribution in [3.63, 3.8) is 0 Å². The van der Waals surface area contributed by atoms with Gasteiger partial charge in [-0.15, -0.1) is 0 Å². The maximum Gasteiger partial charge on any atom is 0.311 e. The van der Waals surface area contributed by atoms with E-state index in [0.29, 0.717) is 11.0 Å². The minimum atomic E-state index is -1.33.